The number of carbonyl (C=O) groups excluding carboxylic acids is 2. The first-order valence-corrected chi connectivity index (χ1v) is 9.70. The Balaban J connectivity index is 1.50. The van der Waals surface area contributed by atoms with Crippen LogP contribution in [0.4, 0.5) is 5.69 Å². The minimum Gasteiger partial charge on any atom is -0.494 e. The molecular formula is C22H26N2O4. The van der Waals surface area contributed by atoms with E-state index >= 15 is 0 Å². The van der Waals surface area contributed by atoms with Crippen molar-refractivity contribution in [3.63, 3.8) is 0 Å². The van der Waals surface area contributed by atoms with Gasteiger partial charge in [-0.1, -0.05) is 13.0 Å². The summed E-state index contributed by atoms with van der Waals surface area (Å²) in [5.74, 6) is 1.10. The van der Waals surface area contributed by atoms with Gasteiger partial charge in [0.15, 0.2) is 6.61 Å². The number of nitrogens with one attached hydrogen (secondary N) is 1. The highest BCUT2D eigenvalue weighted by atomic mass is 16.5. The Labute approximate surface area is 165 Å². The van der Waals surface area contributed by atoms with Gasteiger partial charge in [-0.25, -0.2) is 0 Å². The van der Waals surface area contributed by atoms with Crippen molar-refractivity contribution >= 4 is 17.5 Å². The molecule has 2 aromatic carbocycles. The van der Waals surface area contributed by atoms with Gasteiger partial charge in [0.1, 0.15) is 11.5 Å². The molecule has 28 heavy (non-hydrogen) atoms. The predicted molar refractivity (Wildman–Crippen MR) is 108 cm³/mol. The van der Waals surface area contributed by atoms with Crippen LogP contribution in [0.3, 0.4) is 0 Å². The van der Waals surface area contributed by atoms with E-state index < -0.39 is 0 Å². The lowest BCUT2D eigenvalue weighted by atomic mass is 10.1. The van der Waals surface area contributed by atoms with Gasteiger partial charge in [0.2, 0.25) is 0 Å². The molecule has 1 heterocycles. The van der Waals surface area contributed by atoms with E-state index in [2.05, 4.69) is 5.32 Å². The zero-order chi connectivity index (χ0) is 19.8. The van der Waals surface area contributed by atoms with Crippen molar-refractivity contribution in [1.82, 2.24) is 4.90 Å². The van der Waals surface area contributed by atoms with E-state index in [0.29, 0.717) is 23.6 Å². The summed E-state index contributed by atoms with van der Waals surface area (Å²) in [4.78, 5) is 26.5. The number of nitrogens with zero attached hydrogens (tertiary/aromatic N) is 1. The second kappa shape index (κ2) is 9.78. The van der Waals surface area contributed by atoms with Crippen LogP contribution in [-0.4, -0.2) is 43.0 Å². The summed E-state index contributed by atoms with van der Waals surface area (Å²) in [6, 6.07) is 14.2. The molecular weight excluding hydrogens is 356 g/mol. The second-order valence-corrected chi connectivity index (χ2v) is 6.74. The van der Waals surface area contributed by atoms with Gasteiger partial charge < -0.3 is 19.7 Å². The fraction of sp³-hybridized carbons (Fsp3) is 0.364. The largest absolute Gasteiger partial charge is 0.494 e. The molecule has 148 valence electrons. The fourth-order valence-electron chi connectivity index (χ4n) is 3.03. The zero-order valence-corrected chi connectivity index (χ0v) is 16.1. The summed E-state index contributed by atoms with van der Waals surface area (Å²) in [5, 5.41) is 2.78. The molecule has 1 saturated heterocycles. The predicted octanol–water partition coefficient (Wildman–Crippen LogP) is 3.73. The van der Waals surface area contributed by atoms with Gasteiger partial charge in [0, 0.05) is 24.3 Å². The van der Waals surface area contributed by atoms with Crippen molar-refractivity contribution < 1.29 is 19.1 Å². The monoisotopic (exact) mass is 382 g/mol. The lowest BCUT2D eigenvalue weighted by Gasteiger charge is -2.16. The summed E-state index contributed by atoms with van der Waals surface area (Å²) < 4.78 is 11.0. The quantitative estimate of drug-likeness (QED) is 0.755. The van der Waals surface area contributed by atoms with E-state index in [0.717, 1.165) is 38.1 Å². The molecule has 0 radical (unpaired) electrons. The third-order valence-electron chi connectivity index (χ3n) is 4.45. The third kappa shape index (κ3) is 5.49. The summed E-state index contributed by atoms with van der Waals surface area (Å²) >= 11 is 0. The van der Waals surface area contributed by atoms with E-state index in [4.69, 9.17) is 9.47 Å². The minimum absolute atomic E-state index is 0.00947. The maximum atomic E-state index is 12.5. The first-order chi connectivity index (χ1) is 13.7. The molecule has 0 bridgehead atoms. The van der Waals surface area contributed by atoms with Crippen molar-refractivity contribution in [3.8, 4) is 11.5 Å². The number of amides is 2. The lowest BCUT2D eigenvalue weighted by Crippen LogP contribution is -2.27. The Morgan fingerprint density at radius 3 is 2.36 bits per heavy atom. The summed E-state index contributed by atoms with van der Waals surface area (Å²) in [6.45, 7) is 4.20. The van der Waals surface area contributed by atoms with E-state index in [1.54, 1.807) is 36.4 Å². The normalized spacial score (nSPS) is 13.2. The van der Waals surface area contributed by atoms with E-state index in [-0.39, 0.29) is 18.4 Å². The highest BCUT2D eigenvalue weighted by Gasteiger charge is 2.19. The molecule has 2 aromatic rings. The minimum atomic E-state index is -0.280. The van der Waals surface area contributed by atoms with Crippen LogP contribution in [0.1, 0.15) is 36.5 Å². The molecule has 0 spiro atoms. The van der Waals surface area contributed by atoms with Crippen molar-refractivity contribution in [3.05, 3.63) is 54.1 Å². The molecule has 0 aromatic heterocycles. The molecule has 1 aliphatic rings. The Kier molecular flexibility index (Phi) is 6.89. The molecule has 2 amide bonds. The van der Waals surface area contributed by atoms with Gasteiger partial charge in [-0.05, 0) is 61.7 Å². The lowest BCUT2D eigenvalue weighted by molar-refractivity contribution is -0.118. The number of carbonyl (C=O) groups is 2. The second-order valence-electron chi connectivity index (χ2n) is 6.74. The smallest absolute Gasteiger partial charge is 0.262 e. The van der Waals surface area contributed by atoms with Gasteiger partial charge in [-0.15, -0.1) is 0 Å². The van der Waals surface area contributed by atoms with Crippen LogP contribution in [0, 0.1) is 0 Å². The van der Waals surface area contributed by atoms with Gasteiger partial charge in [-0.3, -0.25) is 9.59 Å². The van der Waals surface area contributed by atoms with Gasteiger partial charge in [0.25, 0.3) is 11.8 Å². The molecule has 0 aliphatic carbocycles. The van der Waals surface area contributed by atoms with Crippen LogP contribution in [0.5, 0.6) is 11.5 Å². The van der Waals surface area contributed by atoms with Gasteiger partial charge >= 0.3 is 0 Å². The molecule has 0 saturated carbocycles. The van der Waals surface area contributed by atoms with E-state index in [1.807, 2.05) is 24.0 Å². The Hall–Kier alpha value is -3.02. The van der Waals surface area contributed by atoms with Crippen molar-refractivity contribution in [2.24, 2.45) is 0 Å². The number of hydrogen-bond acceptors (Lipinski definition) is 4. The number of rotatable bonds is 8. The number of anilines is 1. The topological polar surface area (TPSA) is 67.9 Å². The average Bonchev–Trinajstić information content (AvgIpc) is 3.26. The number of ether oxygens (including phenoxy) is 2. The maximum absolute atomic E-state index is 12.5. The SMILES string of the molecule is CCCOc1ccc(OCC(=O)Nc2cccc(C(=O)N3CCCC3)c2)cc1. The van der Waals surface area contributed by atoms with Crippen LogP contribution in [-0.2, 0) is 4.79 Å². The molecule has 1 aliphatic heterocycles. The number of benzene rings is 2. The van der Waals surface area contributed by atoms with Crippen molar-refractivity contribution in [2.75, 3.05) is 31.6 Å². The van der Waals surface area contributed by atoms with Crippen LogP contribution >= 0.6 is 0 Å². The van der Waals surface area contributed by atoms with Crippen molar-refractivity contribution in [2.45, 2.75) is 26.2 Å². The van der Waals surface area contributed by atoms with Gasteiger partial charge in [-0.2, -0.15) is 0 Å². The summed E-state index contributed by atoms with van der Waals surface area (Å²) in [6.07, 6.45) is 3.04. The molecule has 3 rings (SSSR count). The van der Waals surface area contributed by atoms with Crippen LogP contribution in [0.15, 0.2) is 48.5 Å². The standard InChI is InChI=1S/C22H26N2O4/c1-2-14-27-19-8-10-20(11-9-19)28-16-21(25)23-18-7-5-6-17(15-18)22(26)24-12-3-4-13-24/h5-11,15H,2-4,12-14,16H2,1H3,(H,23,25). The average molecular weight is 382 g/mol. The highest BCUT2D eigenvalue weighted by Crippen LogP contribution is 2.19. The third-order valence-corrected chi connectivity index (χ3v) is 4.45. The Bertz CT molecular complexity index is 798. The van der Waals surface area contributed by atoms with Gasteiger partial charge in [0.05, 0.1) is 6.61 Å². The van der Waals surface area contributed by atoms with E-state index in [9.17, 15) is 9.59 Å². The van der Waals surface area contributed by atoms with E-state index in [1.165, 1.54) is 0 Å². The molecule has 0 atom stereocenters. The van der Waals surface area contributed by atoms with Crippen LogP contribution in [0.25, 0.3) is 0 Å². The first kappa shape index (κ1) is 19.7. The highest BCUT2D eigenvalue weighted by molar-refractivity contribution is 5.97. The number of likely N-dealkylation sites (tertiary alicyclic amines) is 1. The molecule has 6 nitrogen and oxygen atoms in total. The van der Waals surface area contributed by atoms with Crippen LogP contribution < -0.4 is 14.8 Å². The maximum Gasteiger partial charge on any atom is 0.262 e. The molecule has 0 unspecified atom stereocenters. The Morgan fingerprint density at radius 1 is 1.00 bits per heavy atom. The van der Waals surface area contributed by atoms with Crippen molar-refractivity contribution in [1.29, 1.82) is 0 Å². The zero-order valence-electron chi connectivity index (χ0n) is 16.1. The summed E-state index contributed by atoms with van der Waals surface area (Å²) in [7, 11) is 0. The Morgan fingerprint density at radius 2 is 1.68 bits per heavy atom. The van der Waals surface area contributed by atoms with Crippen LogP contribution in [0.2, 0.25) is 0 Å². The fourth-order valence-corrected chi connectivity index (χ4v) is 3.03. The summed E-state index contributed by atoms with van der Waals surface area (Å²) in [5.41, 5.74) is 1.17. The first-order valence-electron chi connectivity index (χ1n) is 9.70. The molecule has 1 fully saturated rings. The molecule has 6 heteroatoms. The number of hydrogen-bond donors (Lipinski definition) is 1. The molecule has 1 N–H and O–H groups in total.